The summed E-state index contributed by atoms with van der Waals surface area (Å²) in [5.41, 5.74) is 4.49. The van der Waals surface area contributed by atoms with E-state index in [1.54, 1.807) is 0 Å². The van der Waals surface area contributed by atoms with Crippen LogP contribution in [0.5, 0.6) is 0 Å². The molecule has 2 aromatic rings. The fraction of sp³-hybridized carbons (Fsp3) is 0.533. The number of aromatic nitrogens is 2. The predicted molar refractivity (Wildman–Crippen MR) is 82.6 cm³/mol. The maximum atomic E-state index is 5.89. The molecule has 0 amide bonds. The van der Waals surface area contributed by atoms with E-state index in [0.29, 0.717) is 5.92 Å². The van der Waals surface area contributed by atoms with Crippen LogP contribution in [0.3, 0.4) is 0 Å². The van der Waals surface area contributed by atoms with Gasteiger partial charge in [0.2, 0.25) is 0 Å². The Morgan fingerprint density at radius 1 is 1.60 bits per heavy atom. The lowest BCUT2D eigenvalue weighted by Gasteiger charge is -2.30. The molecule has 20 heavy (non-hydrogen) atoms. The largest absolute Gasteiger partial charge is 0.334 e. The number of nitrogens with two attached hydrogens (primary N) is 1. The molecule has 2 aromatic heterocycles. The van der Waals surface area contributed by atoms with Crippen molar-refractivity contribution in [1.82, 2.24) is 15.0 Å². The first kappa shape index (κ1) is 13.8. The molecule has 4 nitrogen and oxygen atoms in total. The maximum Gasteiger partial charge on any atom is 0.127 e. The summed E-state index contributed by atoms with van der Waals surface area (Å²) in [5.74, 6) is 7.39. The Hall–Kier alpha value is -1.17. The van der Waals surface area contributed by atoms with Crippen molar-refractivity contribution in [3.63, 3.8) is 0 Å². The number of nitrogens with zero attached hydrogens (tertiary/aromatic N) is 2. The molecular weight excluding hydrogens is 268 g/mol. The van der Waals surface area contributed by atoms with Gasteiger partial charge in [-0.2, -0.15) is 0 Å². The summed E-state index contributed by atoms with van der Waals surface area (Å²) in [6.45, 7) is 3.18. The normalized spacial score (nSPS) is 19.8. The molecule has 1 aliphatic carbocycles. The quantitative estimate of drug-likeness (QED) is 0.657. The van der Waals surface area contributed by atoms with Crippen molar-refractivity contribution < 1.29 is 0 Å². The second kappa shape index (κ2) is 6.08. The molecule has 108 valence electrons. The molecule has 2 atom stereocenters. The molecule has 0 radical (unpaired) electrons. The highest BCUT2D eigenvalue weighted by atomic mass is 32.1. The maximum absolute atomic E-state index is 5.89. The molecule has 0 aliphatic heterocycles. The van der Waals surface area contributed by atoms with Gasteiger partial charge in [0, 0.05) is 29.7 Å². The first-order valence-electron chi connectivity index (χ1n) is 7.38. The number of hydrazine groups is 1. The van der Waals surface area contributed by atoms with Gasteiger partial charge in [-0.25, -0.2) is 10.4 Å². The van der Waals surface area contributed by atoms with Crippen LogP contribution in [-0.4, -0.2) is 9.55 Å². The smallest absolute Gasteiger partial charge is 0.127 e. The summed E-state index contributed by atoms with van der Waals surface area (Å²) >= 11 is 1.87. The molecule has 3 N–H and O–H groups in total. The zero-order valence-electron chi connectivity index (χ0n) is 11.9. The number of imidazole rings is 1. The van der Waals surface area contributed by atoms with E-state index in [1.165, 1.54) is 29.7 Å². The van der Waals surface area contributed by atoms with Crippen LogP contribution >= 0.6 is 11.3 Å². The van der Waals surface area contributed by atoms with Crippen molar-refractivity contribution in [1.29, 1.82) is 0 Å². The Kier molecular flexibility index (Phi) is 4.19. The minimum atomic E-state index is 0.102. The first-order valence-corrected chi connectivity index (χ1v) is 8.26. The van der Waals surface area contributed by atoms with Crippen LogP contribution < -0.4 is 11.3 Å². The summed E-state index contributed by atoms with van der Waals surface area (Å²) in [5, 5.41) is 2.20. The number of hydrogen-bond donors (Lipinski definition) is 2. The van der Waals surface area contributed by atoms with Gasteiger partial charge in [-0.05, 0) is 42.7 Å². The molecule has 0 spiro atoms. The van der Waals surface area contributed by atoms with E-state index in [2.05, 4.69) is 39.5 Å². The van der Waals surface area contributed by atoms with E-state index in [1.807, 2.05) is 17.5 Å². The van der Waals surface area contributed by atoms with E-state index in [-0.39, 0.29) is 6.04 Å². The zero-order valence-corrected chi connectivity index (χ0v) is 12.7. The summed E-state index contributed by atoms with van der Waals surface area (Å²) < 4.78 is 2.23. The van der Waals surface area contributed by atoms with Crippen molar-refractivity contribution >= 4 is 11.3 Å². The van der Waals surface area contributed by atoms with E-state index in [4.69, 9.17) is 5.84 Å². The number of fused-ring (bicyclic) bond motifs is 1. The fourth-order valence-corrected chi connectivity index (χ4v) is 4.27. The van der Waals surface area contributed by atoms with Gasteiger partial charge in [-0.3, -0.25) is 5.84 Å². The van der Waals surface area contributed by atoms with Crippen LogP contribution in [-0.2, 0) is 13.0 Å². The van der Waals surface area contributed by atoms with Gasteiger partial charge in [0.05, 0.1) is 6.04 Å². The molecule has 2 heterocycles. The molecule has 0 aromatic carbocycles. The van der Waals surface area contributed by atoms with E-state index >= 15 is 0 Å². The van der Waals surface area contributed by atoms with Gasteiger partial charge in [0.25, 0.3) is 0 Å². The van der Waals surface area contributed by atoms with Gasteiger partial charge in [-0.1, -0.05) is 6.92 Å². The highest BCUT2D eigenvalue weighted by Gasteiger charge is 2.31. The minimum absolute atomic E-state index is 0.102. The van der Waals surface area contributed by atoms with Gasteiger partial charge < -0.3 is 4.57 Å². The van der Waals surface area contributed by atoms with Crippen molar-refractivity contribution in [3.05, 3.63) is 40.1 Å². The van der Waals surface area contributed by atoms with Gasteiger partial charge in [-0.15, -0.1) is 11.3 Å². The first-order chi connectivity index (χ1) is 9.85. The molecule has 3 rings (SSSR count). The van der Waals surface area contributed by atoms with Crippen LogP contribution in [0.1, 0.15) is 54.4 Å². The monoisotopic (exact) mass is 290 g/mol. The summed E-state index contributed by atoms with van der Waals surface area (Å²) in [7, 11) is 0. The highest BCUT2D eigenvalue weighted by Crippen LogP contribution is 2.41. The van der Waals surface area contributed by atoms with Crippen LogP contribution in [0.4, 0.5) is 0 Å². The van der Waals surface area contributed by atoms with E-state index in [0.717, 1.165) is 18.8 Å². The van der Waals surface area contributed by atoms with Crippen molar-refractivity contribution in [2.45, 2.75) is 51.1 Å². The molecule has 0 fully saturated rings. The van der Waals surface area contributed by atoms with Crippen molar-refractivity contribution in [2.75, 3.05) is 0 Å². The summed E-state index contributed by atoms with van der Waals surface area (Å²) in [6, 6.07) is 2.37. The molecule has 5 heteroatoms. The fourth-order valence-electron chi connectivity index (χ4n) is 3.27. The molecule has 0 bridgehead atoms. The topological polar surface area (TPSA) is 55.9 Å². The van der Waals surface area contributed by atoms with Crippen LogP contribution in [0.15, 0.2) is 23.8 Å². The Morgan fingerprint density at radius 2 is 2.50 bits per heavy atom. The number of rotatable bonds is 5. The number of thiophene rings is 1. The third-order valence-electron chi connectivity index (χ3n) is 4.17. The average molecular weight is 290 g/mol. The lowest BCUT2D eigenvalue weighted by molar-refractivity contribution is 0.382. The van der Waals surface area contributed by atoms with Gasteiger partial charge in [0.15, 0.2) is 0 Å². The Labute approximate surface area is 124 Å². The molecule has 0 saturated carbocycles. The Bertz CT molecular complexity index is 560. The second-order valence-corrected chi connectivity index (χ2v) is 6.42. The van der Waals surface area contributed by atoms with Crippen LogP contribution in [0.2, 0.25) is 0 Å². The standard InChI is InChI=1S/C15H22N4S/c1-2-8-19-9-7-17-15(19)14(18-16)12-4-3-5-13-11(12)6-10-20-13/h6-7,9-10,12,14,18H,2-5,8,16H2,1H3. The van der Waals surface area contributed by atoms with E-state index in [9.17, 15) is 0 Å². The Balaban J connectivity index is 1.93. The van der Waals surface area contributed by atoms with Crippen LogP contribution in [0, 0.1) is 0 Å². The SMILES string of the molecule is CCCn1ccnc1C(NN)C1CCCc2sccc21. The summed E-state index contributed by atoms with van der Waals surface area (Å²) in [4.78, 5) is 6.09. The Morgan fingerprint density at radius 3 is 3.30 bits per heavy atom. The third-order valence-corrected chi connectivity index (χ3v) is 5.17. The molecule has 0 saturated heterocycles. The number of hydrogen-bond acceptors (Lipinski definition) is 4. The molecule has 1 aliphatic rings. The average Bonchev–Trinajstić information content (AvgIpc) is 3.10. The second-order valence-electron chi connectivity index (χ2n) is 5.42. The summed E-state index contributed by atoms with van der Waals surface area (Å²) in [6.07, 6.45) is 8.68. The van der Waals surface area contributed by atoms with Crippen LogP contribution in [0.25, 0.3) is 0 Å². The lowest BCUT2D eigenvalue weighted by atomic mass is 9.82. The van der Waals surface area contributed by atoms with Crippen molar-refractivity contribution in [2.24, 2.45) is 5.84 Å². The third kappa shape index (κ3) is 2.41. The number of nitrogens with one attached hydrogen (secondary N) is 1. The highest BCUT2D eigenvalue weighted by molar-refractivity contribution is 7.10. The van der Waals surface area contributed by atoms with Gasteiger partial charge in [0.1, 0.15) is 5.82 Å². The molecule has 2 unspecified atom stereocenters. The molecular formula is C15H22N4S. The zero-order chi connectivity index (χ0) is 13.9. The van der Waals surface area contributed by atoms with Gasteiger partial charge >= 0.3 is 0 Å². The number of aryl methyl sites for hydroxylation is 2. The van der Waals surface area contributed by atoms with Crippen molar-refractivity contribution in [3.8, 4) is 0 Å². The lowest BCUT2D eigenvalue weighted by Crippen LogP contribution is -2.35. The van der Waals surface area contributed by atoms with E-state index < -0.39 is 0 Å². The predicted octanol–water partition coefficient (Wildman–Crippen LogP) is 2.98. The minimum Gasteiger partial charge on any atom is -0.334 e.